The van der Waals surface area contributed by atoms with Gasteiger partial charge in [0.2, 0.25) is 0 Å². The van der Waals surface area contributed by atoms with Gasteiger partial charge in [-0.1, -0.05) is 35.4 Å². The number of carbonyl (C=O) groups excluding carboxylic acids is 1. The number of benzene rings is 3. The number of nitrogens with one attached hydrogen (secondary N) is 1. The van der Waals surface area contributed by atoms with E-state index in [9.17, 15) is 4.79 Å². The first-order valence-electron chi connectivity index (χ1n) is 15.3. The zero-order valence-electron chi connectivity index (χ0n) is 28.2. The van der Waals surface area contributed by atoms with Crippen molar-refractivity contribution in [2.75, 3.05) is 34.8 Å². The number of aryl methyl sites for hydroxylation is 6. The van der Waals surface area contributed by atoms with Crippen LogP contribution < -0.4 is 19.9 Å². The maximum Gasteiger partial charge on any atom is 0.0146 e. The molecule has 1 heterocycles. The van der Waals surface area contributed by atoms with E-state index in [4.69, 9.17) is 28.9 Å². The molecule has 3 aromatic rings. The Hall–Kier alpha value is -2.60. The number of nitrogens with zero attached hydrogens (tertiary/aromatic N) is 2. The van der Waals surface area contributed by atoms with Crippen molar-refractivity contribution in [2.24, 2.45) is 5.92 Å². The van der Waals surface area contributed by atoms with Crippen LogP contribution in [0, 0.1) is 54.1 Å². The molecule has 45 heavy (non-hydrogen) atoms. The Labute approximate surface area is 283 Å². The van der Waals surface area contributed by atoms with Crippen LogP contribution in [-0.2, 0) is 18.3 Å². The fraction of sp³-hybridized carbons (Fsp3) is 0.417. The van der Waals surface area contributed by atoms with Gasteiger partial charge in [-0.3, -0.25) is 0 Å². The molecule has 1 amide bonds. The van der Waals surface area contributed by atoms with Gasteiger partial charge in [0, 0.05) is 24.5 Å². The van der Waals surface area contributed by atoms with Gasteiger partial charge in [0.1, 0.15) is 0 Å². The summed E-state index contributed by atoms with van der Waals surface area (Å²) in [6, 6.07) is 14.4. The van der Waals surface area contributed by atoms with Crippen molar-refractivity contribution in [1.29, 1.82) is 0 Å². The summed E-state index contributed by atoms with van der Waals surface area (Å²) in [6.45, 7) is 25.8. The number of hydrogen-bond donors (Lipinski definition) is 1. The second-order valence-corrected chi connectivity index (χ2v) is 18.1. The normalized spacial score (nSPS) is 13.1. The molecule has 248 valence electrons. The topological polar surface area (TPSA) is 54.0 Å². The van der Waals surface area contributed by atoms with Crippen LogP contribution in [-0.4, -0.2) is 36.5 Å². The van der Waals surface area contributed by atoms with E-state index in [1.807, 2.05) is 27.7 Å². The van der Waals surface area contributed by atoms with Crippen molar-refractivity contribution in [3.63, 3.8) is 0 Å². The summed E-state index contributed by atoms with van der Waals surface area (Å²) in [5, 5.41) is 2.68. The van der Waals surface area contributed by atoms with Crippen LogP contribution in [0.1, 0.15) is 66.6 Å². The molecule has 3 aromatic carbocycles. The van der Waals surface area contributed by atoms with Crippen molar-refractivity contribution in [2.45, 2.75) is 75.3 Å². The smallest absolute Gasteiger partial charge is 0.0146 e. The molecule has 1 aliphatic heterocycles. The van der Waals surface area contributed by atoms with Gasteiger partial charge < -0.3 is 9.80 Å². The third kappa shape index (κ3) is 11.0. The van der Waals surface area contributed by atoms with E-state index in [0.29, 0.717) is 18.0 Å². The van der Waals surface area contributed by atoms with Gasteiger partial charge in [-0.15, -0.1) is 0 Å². The quantitative estimate of drug-likeness (QED) is 0.184. The Balaban J connectivity index is 0.000000246. The van der Waals surface area contributed by atoms with Gasteiger partial charge in [0.15, 0.2) is 0 Å². The number of rotatable bonds is 8. The minimum Gasteiger partial charge on any atom is -0.502 e. The molecule has 0 bridgehead atoms. The van der Waals surface area contributed by atoms with E-state index >= 15 is 0 Å². The number of carbonyl (C=O) groups is 1. The number of amides is 1. The largest absolute Gasteiger partial charge is 0.502 e. The molecule has 1 aliphatic rings. The van der Waals surface area contributed by atoms with Gasteiger partial charge >= 0.3 is 145 Å². The number of ether oxygens (including phenoxy) is 2. The van der Waals surface area contributed by atoms with Crippen LogP contribution in [0.4, 0.5) is 21.9 Å². The Morgan fingerprint density at radius 3 is 1.78 bits per heavy atom. The van der Waals surface area contributed by atoms with Crippen LogP contribution in [0.15, 0.2) is 42.5 Å². The minimum atomic E-state index is -2.00. The van der Waals surface area contributed by atoms with E-state index in [2.05, 4.69) is 87.6 Å². The van der Waals surface area contributed by atoms with Crippen LogP contribution in [0.25, 0.3) is 0 Å². The second-order valence-electron chi connectivity index (χ2n) is 12.3. The van der Waals surface area contributed by atoms with Gasteiger partial charge in [0.05, 0.1) is 0 Å². The zero-order valence-corrected chi connectivity index (χ0v) is 31.5. The second kappa shape index (κ2) is 16.8. The average Bonchev–Trinajstić information content (AvgIpc) is 3.36. The van der Waals surface area contributed by atoms with Crippen LogP contribution in [0.2, 0.25) is 0 Å². The molecule has 1 saturated heterocycles. The van der Waals surface area contributed by atoms with Crippen molar-refractivity contribution in [3.8, 4) is 5.75 Å². The molecule has 0 spiro atoms. The van der Waals surface area contributed by atoms with Crippen LogP contribution in [0.3, 0.4) is 0 Å². The van der Waals surface area contributed by atoms with E-state index in [-0.39, 0.29) is 12.0 Å². The molecule has 0 unspecified atom stereocenters. The van der Waals surface area contributed by atoms with Gasteiger partial charge in [-0.25, -0.2) is 0 Å². The third-order valence-corrected chi connectivity index (χ3v) is 8.89. The molecule has 0 aliphatic carbocycles. The molecule has 1 N–H and O–H groups in total. The monoisotopic (exact) mass is 742 g/mol. The summed E-state index contributed by atoms with van der Waals surface area (Å²) < 4.78 is 12.6. The maximum atomic E-state index is 11.7. The number of anilines is 3. The summed E-state index contributed by atoms with van der Waals surface area (Å²) in [6.07, 6.45) is -0.448. The Kier molecular flexibility index (Phi) is 13.8. The summed E-state index contributed by atoms with van der Waals surface area (Å²) >= 11 is -2.00. The summed E-state index contributed by atoms with van der Waals surface area (Å²) in [5.74, 6) is 0.979. The van der Waals surface area contributed by atoms with E-state index < -0.39 is 19.6 Å². The zero-order chi connectivity index (χ0) is 33.4. The number of hydrogen-bond acceptors (Lipinski definition) is 5. The Morgan fingerprint density at radius 2 is 1.36 bits per heavy atom. The van der Waals surface area contributed by atoms with Gasteiger partial charge in [0.25, 0.3) is 0 Å². The SMILES string of the molecule is CC(C)COC(=O)Nc1ccc(OC(C)C)c([CH]=[Ru]([Cl])[Cl])c1.Cc1cc(C)c(N2[CH-]N(c3c(C)cc(C)cc3C)CC2)c(C)c1. The average molecular weight is 743 g/mol. The number of halogens is 2. The van der Waals surface area contributed by atoms with Gasteiger partial charge in [-0.2, -0.15) is 6.67 Å². The molecule has 9 heteroatoms. The first-order chi connectivity index (χ1) is 21.1. The molecule has 6 nitrogen and oxygen atoms in total. The molecule has 1 fully saturated rings. The van der Waals surface area contributed by atoms with Crippen LogP contribution in [0.5, 0.6) is 5.75 Å². The molecule has 0 radical (unpaired) electrons. The van der Waals surface area contributed by atoms with Crippen molar-refractivity contribution >= 4 is 47.1 Å². The molecule has 0 atom stereocenters. The van der Waals surface area contributed by atoms with E-state index in [0.717, 1.165) is 18.7 Å². The summed E-state index contributed by atoms with van der Waals surface area (Å²) in [4.78, 5) is 16.5. The van der Waals surface area contributed by atoms with Gasteiger partial charge in [-0.05, 0) is 63.8 Å². The minimum absolute atomic E-state index is 0.0354. The van der Waals surface area contributed by atoms with E-state index in [1.165, 1.54) is 44.8 Å². The molecular formula is C36H48Cl2N3O3Ru-. The standard InChI is InChI=1S/C21H27N2.C15H21NO3.2ClH.Ru/c1-14-9-16(3)20(17(4)10-14)22-7-8-23(13-22)21-18(5)11-15(2)12-19(21)6;1-10(2)9-18-15(17)16-13-6-7-14(12(5)8-13)19-11(3)4;;;/h9-13H,7-8H2,1-6H3;5-8,10-11H,9H2,1-4H3,(H,16,17);2*1H;/q-1;;;;+2/p-2. The first-order valence-corrected chi connectivity index (χ1v) is 20.7. The summed E-state index contributed by atoms with van der Waals surface area (Å²) in [7, 11) is 11.9. The molecule has 0 saturated carbocycles. The maximum absolute atomic E-state index is 11.7. The fourth-order valence-corrected chi connectivity index (χ4v) is 7.42. The molecule has 0 aromatic heterocycles. The Morgan fingerprint density at radius 1 is 0.867 bits per heavy atom. The fourth-order valence-electron chi connectivity index (χ4n) is 5.64. The Bertz CT molecular complexity index is 1410. The van der Waals surface area contributed by atoms with Crippen molar-refractivity contribution in [3.05, 3.63) is 88.1 Å². The third-order valence-electron chi connectivity index (χ3n) is 7.06. The summed E-state index contributed by atoms with van der Waals surface area (Å²) in [5.41, 5.74) is 12.2. The van der Waals surface area contributed by atoms with Crippen molar-refractivity contribution in [1.82, 2.24) is 0 Å². The van der Waals surface area contributed by atoms with Crippen molar-refractivity contribution < 1.29 is 27.8 Å². The van der Waals surface area contributed by atoms with Crippen LogP contribution >= 0.6 is 19.4 Å². The molecular weight excluding hydrogens is 694 g/mol. The van der Waals surface area contributed by atoms with E-state index in [1.54, 1.807) is 22.8 Å². The predicted molar refractivity (Wildman–Crippen MR) is 189 cm³/mol. The molecule has 4 rings (SSSR count). The first kappa shape index (κ1) is 36.9. The predicted octanol–water partition coefficient (Wildman–Crippen LogP) is 9.74.